The zero-order valence-electron chi connectivity index (χ0n) is 37.8. The van der Waals surface area contributed by atoms with Crippen LogP contribution in [0.1, 0.15) is 13.8 Å². The van der Waals surface area contributed by atoms with Gasteiger partial charge in [-0.3, -0.25) is 0 Å². The number of aliphatic hydroxyl groups excluding tert-OH is 1. The van der Waals surface area contributed by atoms with Crippen molar-refractivity contribution in [3.8, 4) is 0 Å². The molecule has 0 saturated carbocycles. The molecule has 5 aromatic rings. The first-order valence-corrected chi connectivity index (χ1v) is 24.4. The van der Waals surface area contributed by atoms with Gasteiger partial charge in [-0.1, -0.05) is 36.4 Å². The average molecular weight is 1070 g/mol. The first kappa shape index (κ1) is 61.6. The average Bonchev–Trinajstić information content (AvgIpc) is 3.22. The van der Waals surface area contributed by atoms with Gasteiger partial charge in [-0.2, -0.15) is 35.4 Å². The van der Waals surface area contributed by atoms with Crippen molar-refractivity contribution in [1.82, 2.24) is 15.0 Å². The molecule has 2 atom stereocenters. The predicted molar refractivity (Wildman–Crippen MR) is 232 cm³/mol. The van der Waals surface area contributed by atoms with E-state index in [1.807, 2.05) is 0 Å². The van der Waals surface area contributed by atoms with Crippen LogP contribution >= 0.6 is 0 Å². The largest absolute Gasteiger partial charge is 1.00 e. The Hall–Kier alpha value is -2.69. The molecule has 4 aromatic carbocycles. The van der Waals surface area contributed by atoms with E-state index in [1.165, 1.54) is 12.1 Å². The quantitative estimate of drug-likeness (QED) is 0.0628. The fraction of sp³-hybridized carbons (Fsp3) is 0.154. The Bertz CT molecular complexity index is 3370. The summed E-state index contributed by atoms with van der Waals surface area (Å²) in [5.41, 5.74) is 1.41. The number of azo groups is 2. The fourth-order valence-corrected chi connectivity index (χ4v) is 9.38. The van der Waals surface area contributed by atoms with Crippen molar-refractivity contribution in [2.24, 2.45) is 30.4 Å². The maximum Gasteiger partial charge on any atom is 1.00 e. The van der Waals surface area contributed by atoms with Gasteiger partial charge < -0.3 is 28.6 Å². The van der Waals surface area contributed by atoms with Crippen LogP contribution in [0.2, 0.25) is 0 Å². The Morgan fingerprint density at radius 2 is 0.943 bits per heavy atom. The molecular weight excluding hydrogens is 1040 g/mol. The van der Waals surface area contributed by atoms with Gasteiger partial charge in [0, 0.05) is 28.1 Å². The van der Waals surface area contributed by atoms with Crippen molar-refractivity contribution in [3.05, 3.63) is 108 Å². The van der Waals surface area contributed by atoms with E-state index in [0.717, 1.165) is 48.5 Å². The van der Waals surface area contributed by atoms with Crippen molar-refractivity contribution in [2.75, 3.05) is 18.5 Å². The van der Waals surface area contributed by atoms with Crippen molar-refractivity contribution < 1.29 is 175 Å². The number of aromatic nitrogens is 3. The number of hydrogen-bond donors (Lipinski definition) is 2. The molecule has 342 valence electrons. The number of aliphatic imine (C=N–C) groups is 2. The van der Waals surface area contributed by atoms with Gasteiger partial charge in [0.2, 0.25) is 5.95 Å². The number of hydrogen-bond acceptors (Lipinski definition) is 23. The standard InChI is InChI=1S/C39H34N10O13S4.4Na/c1-21-15-23(9-11-31(21)48-46-25-17-29-27(35(19-25)65(57,58)59)5-3-7-33(29)63(51,52)53)41-38-43-37(40-13-14-50)44-39(45-38)42-24-10-12-32(22(2)16-24)49-47-26-18-30-28(36(20-26)66(60,61)62)6-4-8-34(30)64(54,55)56;;;;/h3-12,15-20,31-32,50H,13-14H2,1-2H3,(H,51,52,53)(H,54,55,56)(H,57,58,59)(H,60,61,62)(H,40,43,44,45);;;;/q;4*+1/p-4/b41-23-,42-24-,48-46?,49-47?;;;;. The van der Waals surface area contributed by atoms with Crippen LogP contribution in [0, 0.1) is 0 Å². The van der Waals surface area contributed by atoms with Crippen molar-refractivity contribution in [2.45, 2.75) is 45.5 Å². The van der Waals surface area contributed by atoms with Gasteiger partial charge in [0.15, 0.2) is 0 Å². The molecule has 1 aromatic heterocycles. The molecule has 70 heavy (non-hydrogen) atoms. The molecule has 2 aliphatic rings. The molecule has 0 saturated heterocycles. The van der Waals surface area contributed by atoms with Gasteiger partial charge >= 0.3 is 118 Å². The van der Waals surface area contributed by atoms with E-state index in [1.54, 1.807) is 50.3 Å². The number of nitrogens with zero attached hydrogens (tertiary/aromatic N) is 9. The summed E-state index contributed by atoms with van der Waals surface area (Å²) in [7, 11) is -20.4. The molecule has 31 heteroatoms. The SMILES string of the molecule is CC1=C/C(=N\c2nc(/N=C3/C=CC(N=Nc4cc(S(=O)(=O)[O-])c5cccc(S(=O)(=O)[O-])c5c4)C(C)=C3)nc(NCCO)n2)C=CC1N=Nc1cc(S(=O)(=O)[O-])c2cccc(S(=O)(=O)[O-])c2c1.[Na+].[Na+].[Na+].[Na+]. The minimum absolute atomic E-state index is 0. The number of aliphatic hydroxyl groups is 1. The van der Waals surface area contributed by atoms with Crippen LogP contribution in [0.15, 0.2) is 158 Å². The van der Waals surface area contributed by atoms with E-state index in [4.69, 9.17) is 0 Å². The van der Waals surface area contributed by atoms with Crippen molar-refractivity contribution >= 4 is 103 Å². The smallest absolute Gasteiger partial charge is 0.744 e. The zero-order chi connectivity index (χ0) is 47.8. The summed E-state index contributed by atoms with van der Waals surface area (Å²) in [5, 5.41) is 27.6. The van der Waals surface area contributed by atoms with Gasteiger partial charge in [0.25, 0.3) is 11.9 Å². The molecule has 23 nitrogen and oxygen atoms in total. The first-order valence-electron chi connectivity index (χ1n) is 18.8. The Morgan fingerprint density at radius 3 is 1.29 bits per heavy atom. The molecule has 0 amide bonds. The number of fused-ring (bicyclic) bond motifs is 2. The topological polar surface area (TPSA) is 374 Å². The third-order valence-electron chi connectivity index (χ3n) is 9.53. The zero-order valence-corrected chi connectivity index (χ0v) is 49.1. The predicted octanol–water partition coefficient (Wildman–Crippen LogP) is -7.30. The van der Waals surface area contributed by atoms with E-state index < -0.39 is 72.1 Å². The third kappa shape index (κ3) is 15.2. The minimum atomic E-state index is -5.14. The van der Waals surface area contributed by atoms with Crippen molar-refractivity contribution in [3.63, 3.8) is 0 Å². The van der Waals surface area contributed by atoms with Crippen LogP contribution in [0.3, 0.4) is 0 Å². The molecule has 0 radical (unpaired) electrons. The molecule has 0 fully saturated rings. The second kappa shape index (κ2) is 25.0. The van der Waals surface area contributed by atoms with Crippen LogP contribution in [-0.4, -0.2) is 109 Å². The number of allylic oxidation sites excluding steroid dienone is 4. The number of nitrogens with one attached hydrogen (secondary N) is 1. The van der Waals surface area contributed by atoms with E-state index in [-0.39, 0.29) is 182 Å². The molecule has 2 unspecified atom stereocenters. The van der Waals surface area contributed by atoms with Gasteiger partial charge in [-0.25, -0.2) is 43.7 Å². The van der Waals surface area contributed by atoms with Crippen LogP contribution in [-0.2, 0) is 40.5 Å². The summed E-state index contributed by atoms with van der Waals surface area (Å²) < 4.78 is 144. The summed E-state index contributed by atoms with van der Waals surface area (Å²) in [4.78, 5) is 18.8. The normalized spacial score (nSPS) is 17.5. The monoisotopic (exact) mass is 1070 g/mol. The Kier molecular flexibility index (Phi) is 22.0. The minimum Gasteiger partial charge on any atom is -0.744 e. The van der Waals surface area contributed by atoms with Gasteiger partial charge in [0.1, 0.15) is 52.6 Å². The second-order valence-corrected chi connectivity index (χ2v) is 19.6. The van der Waals surface area contributed by atoms with Crippen LogP contribution in [0.25, 0.3) is 21.5 Å². The Labute approximate surface area is 489 Å². The van der Waals surface area contributed by atoms with Crippen LogP contribution in [0.5, 0.6) is 0 Å². The molecule has 2 aliphatic carbocycles. The second-order valence-electron chi connectivity index (χ2n) is 14.2. The molecular formula is C39H30N10Na4O13S4. The first-order chi connectivity index (χ1) is 31.0. The summed E-state index contributed by atoms with van der Waals surface area (Å²) in [6.45, 7) is 3.16. The number of rotatable bonds is 13. The molecule has 2 N–H and O–H groups in total. The molecule has 0 aliphatic heterocycles. The van der Waals surface area contributed by atoms with Crippen LogP contribution < -0.4 is 124 Å². The summed E-state index contributed by atoms with van der Waals surface area (Å²) in [6, 6.07) is 9.26. The van der Waals surface area contributed by atoms with E-state index >= 15 is 0 Å². The summed E-state index contributed by atoms with van der Waals surface area (Å²) >= 11 is 0. The Balaban J connectivity index is 0.00000324. The van der Waals surface area contributed by atoms with Gasteiger partial charge in [-0.15, -0.1) is 0 Å². The van der Waals surface area contributed by atoms with Gasteiger partial charge in [0.05, 0.1) is 49.0 Å². The molecule has 1 heterocycles. The molecule has 0 spiro atoms. The number of benzene rings is 4. The van der Waals surface area contributed by atoms with E-state index in [2.05, 4.69) is 50.7 Å². The fourth-order valence-electron chi connectivity index (χ4n) is 6.59. The van der Waals surface area contributed by atoms with E-state index in [0.29, 0.717) is 22.6 Å². The summed E-state index contributed by atoms with van der Waals surface area (Å²) in [6.07, 6.45) is 9.50. The Morgan fingerprint density at radius 1 is 0.557 bits per heavy atom. The third-order valence-corrected chi connectivity index (χ3v) is 13.1. The van der Waals surface area contributed by atoms with Crippen LogP contribution in [0.4, 0.5) is 29.2 Å². The molecule has 7 rings (SSSR count). The summed E-state index contributed by atoms with van der Waals surface area (Å²) in [5.74, 6) is -0.187. The maximum absolute atomic E-state index is 12.1. The van der Waals surface area contributed by atoms with Gasteiger partial charge in [-0.05, 0) is 85.7 Å². The van der Waals surface area contributed by atoms with Crippen molar-refractivity contribution in [1.29, 1.82) is 0 Å². The molecule has 0 bridgehead atoms. The van der Waals surface area contributed by atoms with E-state index in [9.17, 15) is 57.0 Å². The number of anilines is 1. The maximum atomic E-state index is 12.1.